The first kappa shape index (κ1) is 15.4. The number of nitrogens with zero attached hydrogens (tertiary/aromatic N) is 1. The summed E-state index contributed by atoms with van der Waals surface area (Å²) in [4.78, 5) is 12.2. The fourth-order valence-electron chi connectivity index (χ4n) is 3.06. The van der Waals surface area contributed by atoms with E-state index < -0.39 is 5.60 Å². The molecule has 2 rings (SSSR count). The highest BCUT2D eigenvalue weighted by atomic mass is 35.5. The van der Waals surface area contributed by atoms with Gasteiger partial charge in [0.2, 0.25) is 0 Å². The summed E-state index contributed by atoms with van der Waals surface area (Å²) >= 11 is 5.93. The first-order chi connectivity index (χ1) is 9.43. The number of hydrogen-bond donors (Lipinski definition) is 2. The second-order valence-electron chi connectivity index (χ2n) is 5.94. The smallest absolute Gasteiger partial charge is 0.268 e. The number of carbonyl (C=O) groups excluding carboxylic acids is 1. The van der Waals surface area contributed by atoms with Gasteiger partial charge in [-0.25, -0.2) is 0 Å². The summed E-state index contributed by atoms with van der Waals surface area (Å²) in [6.45, 7) is 5.11. The maximum absolute atomic E-state index is 12.2. The molecule has 1 heterocycles. The summed E-state index contributed by atoms with van der Waals surface area (Å²) in [7, 11) is 0. The Labute approximate surface area is 125 Å². The molecule has 1 aromatic rings. The Morgan fingerprint density at radius 3 is 3.05 bits per heavy atom. The minimum atomic E-state index is -0.763. The first-order valence-corrected chi connectivity index (χ1v) is 7.67. The van der Waals surface area contributed by atoms with E-state index in [1.807, 2.05) is 11.5 Å². The van der Waals surface area contributed by atoms with E-state index >= 15 is 0 Å². The van der Waals surface area contributed by atoms with Gasteiger partial charge in [-0.05, 0) is 31.7 Å². The van der Waals surface area contributed by atoms with Crippen molar-refractivity contribution in [1.29, 1.82) is 0 Å². The summed E-state index contributed by atoms with van der Waals surface area (Å²) in [5.41, 5.74) is -0.217. The molecule has 1 fully saturated rings. The molecule has 0 aliphatic heterocycles. The second kappa shape index (κ2) is 6.19. The Balaban J connectivity index is 1.97. The van der Waals surface area contributed by atoms with Crippen molar-refractivity contribution in [3.05, 3.63) is 23.0 Å². The van der Waals surface area contributed by atoms with Gasteiger partial charge < -0.3 is 15.0 Å². The van der Waals surface area contributed by atoms with Crippen molar-refractivity contribution in [2.45, 2.75) is 51.7 Å². The minimum absolute atomic E-state index is 0.176. The third-order valence-electron chi connectivity index (χ3n) is 4.08. The van der Waals surface area contributed by atoms with Crippen LogP contribution in [0.1, 0.15) is 50.0 Å². The third kappa shape index (κ3) is 3.55. The van der Waals surface area contributed by atoms with Gasteiger partial charge >= 0.3 is 0 Å². The molecule has 1 aliphatic rings. The fraction of sp³-hybridized carbons (Fsp3) is 0.667. The Hall–Kier alpha value is -1.00. The van der Waals surface area contributed by atoms with Crippen molar-refractivity contribution in [3.8, 4) is 0 Å². The first-order valence-electron chi connectivity index (χ1n) is 7.30. The van der Waals surface area contributed by atoms with Crippen LogP contribution in [0.3, 0.4) is 0 Å². The molecule has 2 N–H and O–H groups in total. The molecule has 20 heavy (non-hydrogen) atoms. The van der Waals surface area contributed by atoms with Crippen LogP contribution in [0.25, 0.3) is 0 Å². The largest absolute Gasteiger partial charge is 0.388 e. The van der Waals surface area contributed by atoms with E-state index in [-0.39, 0.29) is 5.91 Å². The van der Waals surface area contributed by atoms with Crippen molar-refractivity contribution in [2.75, 3.05) is 6.54 Å². The normalized spacial score (nSPS) is 26.5. The number of nitrogens with one attached hydrogen (secondary N) is 1. The van der Waals surface area contributed by atoms with E-state index in [9.17, 15) is 9.90 Å². The number of amides is 1. The summed E-state index contributed by atoms with van der Waals surface area (Å²) < 4.78 is 1.81. The molecule has 5 heteroatoms. The number of halogens is 1. The molecule has 0 saturated heterocycles. The highest BCUT2D eigenvalue weighted by molar-refractivity contribution is 6.31. The SMILES string of the molecule is CCn1cc(Cl)cc1C(=O)NCC1(O)CCCC(C)C1. The molecular formula is C15H23ClN2O2. The maximum atomic E-state index is 12.2. The zero-order valence-corrected chi connectivity index (χ0v) is 12.9. The lowest BCUT2D eigenvalue weighted by atomic mass is 9.79. The standard InChI is InChI=1S/C15H23ClN2O2/c1-3-18-9-12(16)7-13(18)14(19)17-10-15(20)6-4-5-11(2)8-15/h7,9,11,20H,3-6,8,10H2,1-2H3,(H,17,19). The van der Waals surface area contributed by atoms with Gasteiger partial charge in [0, 0.05) is 19.3 Å². The van der Waals surface area contributed by atoms with E-state index in [1.165, 1.54) is 0 Å². The van der Waals surface area contributed by atoms with Crippen LogP contribution in [0.4, 0.5) is 0 Å². The average Bonchev–Trinajstić information content (AvgIpc) is 2.77. The number of rotatable bonds is 4. The molecule has 1 amide bonds. The molecule has 1 aliphatic carbocycles. The van der Waals surface area contributed by atoms with Crippen LogP contribution in [0, 0.1) is 5.92 Å². The van der Waals surface area contributed by atoms with Gasteiger partial charge in [0.15, 0.2) is 0 Å². The van der Waals surface area contributed by atoms with Crippen molar-refractivity contribution >= 4 is 17.5 Å². The lowest BCUT2D eigenvalue weighted by Gasteiger charge is -2.35. The van der Waals surface area contributed by atoms with Crippen LogP contribution in [0.5, 0.6) is 0 Å². The molecule has 112 valence electrons. The molecule has 1 saturated carbocycles. The predicted molar refractivity (Wildman–Crippen MR) is 80.0 cm³/mol. The third-order valence-corrected chi connectivity index (χ3v) is 4.29. The maximum Gasteiger partial charge on any atom is 0.268 e. The molecule has 2 atom stereocenters. The van der Waals surface area contributed by atoms with E-state index in [1.54, 1.807) is 12.3 Å². The van der Waals surface area contributed by atoms with Gasteiger partial charge in [0.05, 0.1) is 10.6 Å². The Morgan fingerprint density at radius 1 is 1.65 bits per heavy atom. The molecule has 0 bridgehead atoms. The molecule has 2 unspecified atom stereocenters. The van der Waals surface area contributed by atoms with E-state index in [0.717, 1.165) is 25.7 Å². The number of carbonyl (C=O) groups is 1. The Kier molecular flexibility index (Phi) is 4.76. The summed E-state index contributed by atoms with van der Waals surface area (Å²) in [5, 5.41) is 13.9. The second-order valence-corrected chi connectivity index (χ2v) is 6.37. The molecular weight excluding hydrogens is 276 g/mol. The van der Waals surface area contributed by atoms with Crippen molar-refractivity contribution in [3.63, 3.8) is 0 Å². The van der Waals surface area contributed by atoms with Crippen LogP contribution in [0.2, 0.25) is 5.02 Å². The lowest BCUT2D eigenvalue weighted by molar-refractivity contribution is -0.0110. The van der Waals surface area contributed by atoms with Gasteiger partial charge in [-0.15, -0.1) is 0 Å². The van der Waals surface area contributed by atoms with E-state index in [0.29, 0.717) is 29.7 Å². The van der Waals surface area contributed by atoms with E-state index in [4.69, 9.17) is 11.6 Å². The quantitative estimate of drug-likeness (QED) is 0.898. The van der Waals surface area contributed by atoms with Crippen molar-refractivity contribution < 1.29 is 9.90 Å². The summed E-state index contributed by atoms with van der Waals surface area (Å²) in [5.74, 6) is 0.338. The lowest BCUT2D eigenvalue weighted by Crippen LogP contribution is -2.46. The van der Waals surface area contributed by atoms with Crippen molar-refractivity contribution in [2.24, 2.45) is 5.92 Å². The minimum Gasteiger partial charge on any atom is -0.388 e. The molecule has 0 spiro atoms. The van der Waals surface area contributed by atoms with Gasteiger partial charge in [0.25, 0.3) is 5.91 Å². The Bertz CT molecular complexity index is 486. The summed E-state index contributed by atoms with van der Waals surface area (Å²) in [6.07, 6.45) is 5.43. The van der Waals surface area contributed by atoms with Crippen LogP contribution in [0.15, 0.2) is 12.3 Å². The van der Waals surface area contributed by atoms with Crippen LogP contribution in [-0.4, -0.2) is 27.7 Å². The van der Waals surface area contributed by atoms with E-state index in [2.05, 4.69) is 12.2 Å². The molecule has 0 aromatic carbocycles. The van der Waals surface area contributed by atoms with Gasteiger partial charge in [-0.1, -0.05) is 31.4 Å². The summed E-state index contributed by atoms with van der Waals surface area (Å²) in [6, 6.07) is 1.66. The zero-order chi connectivity index (χ0) is 14.8. The van der Waals surface area contributed by atoms with Crippen LogP contribution in [-0.2, 0) is 6.54 Å². The number of aromatic nitrogens is 1. The molecule has 0 radical (unpaired) electrons. The van der Waals surface area contributed by atoms with Gasteiger partial charge in [0.1, 0.15) is 5.69 Å². The monoisotopic (exact) mass is 298 g/mol. The number of aliphatic hydroxyl groups is 1. The van der Waals surface area contributed by atoms with Crippen LogP contribution >= 0.6 is 11.6 Å². The van der Waals surface area contributed by atoms with Gasteiger partial charge in [-0.2, -0.15) is 0 Å². The van der Waals surface area contributed by atoms with Crippen molar-refractivity contribution in [1.82, 2.24) is 9.88 Å². The highest BCUT2D eigenvalue weighted by Crippen LogP contribution is 2.31. The number of hydrogen-bond acceptors (Lipinski definition) is 2. The molecule has 4 nitrogen and oxygen atoms in total. The highest BCUT2D eigenvalue weighted by Gasteiger charge is 2.33. The van der Waals surface area contributed by atoms with Crippen LogP contribution < -0.4 is 5.32 Å². The average molecular weight is 299 g/mol. The zero-order valence-electron chi connectivity index (χ0n) is 12.2. The number of aryl methyl sites for hydroxylation is 1. The predicted octanol–water partition coefficient (Wildman–Crippen LogP) is 2.83. The topological polar surface area (TPSA) is 54.3 Å². The van der Waals surface area contributed by atoms with Gasteiger partial charge in [-0.3, -0.25) is 4.79 Å². The fourth-order valence-corrected chi connectivity index (χ4v) is 3.28. The Morgan fingerprint density at radius 2 is 2.40 bits per heavy atom. The molecule has 1 aromatic heterocycles.